The number of ether oxygens (including phenoxy) is 1. The molecule has 0 radical (unpaired) electrons. The van der Waals surface area contributed by atoms with Crippen molar-refractivity contribution in [3.63, 3.8) is 0 Å². The minimum Gasteiger partial charge on any atom is -0.504 e. The Hall–Kier alpha value is -3.06. The second kappa shape index (κ2) is 12.5. The summed E-state index contributed by atoms with van der Waals surface area (Å²) < 4.78 is 5.35. The predicted octanol–water partition coefficient (Wildman–Crippen LogP) is 7.16. The number of carbonyl (C=O) groups is 2. The first-order valence-corrected chi connectivity index (χ1v) is 13.9. The molecule has 1 N–H and O–H groups in total. The monoisotopic (exact) mass is 500 g/mol. The molecule has 0 heterocycles. The van der Waals surface area contributed by atoms with Gasteiger partial charge in [-0.1, -0.05) is 62.4 Å². The highest BCUT2D eigenvalue weighted by Gasteiger charge is 2.34. The van der Waals surface area contributed by atoms with Gasteiger partial charge in [0.25, 0.3) is 0 Å². The molecule has 1 saturated carbocycles. The Labute approximate surface area is 221 Å². The number of phenolic OH excluding ortho intramolecular Hbond substituents is 1. The lowest BCUT2D eigenvalue weighted by atomic mass is 9.75. The van der Waals surface area contributed by atoms with Gasteiger partial charge in [-0.3, -0.25) is 9.59 Å². The lowest BCUT2D eigenvalue weighted by Crippen LogP contribution is -2.23. The normalized spacial score (nSPS) is 21.8. The number of aromatic hydroxyl groups is 1. The summed E-state index contributed by atoms with van der Waals surface area (Å²) in [6.07, 6.45) is 10.6. The number of fused-ring (bicyclic) bond motifs is 1. The topological polar surface area (TPSA) is 63.6 Å². The van der Waals surface area contributed by atoms with Crippen LogP contribution in [0.3, 0.4) is 0 Å². The molecule has 0 saturated heterocycles. The van der Waals surface area contributed by atoms with Gasteiger partial charge in [0.05, 0.1) is 19.4 Å². The molecule has 4 nitrogen and oxygen atoms in total. The van der Waals surface area contributed by atoms with E-state index in [0.29, 0.717) is 24.0 Å². The van der Waals surface area contributed by atoms with Crippen LogP contribution in [-0.2, 0) is 16.0 Å². The summed E-state index contributed by atoms with van der Waals surface area (Å²) in [6, 6.07) is 13.6. The van der Waals surface area contributed by atoms with E-state index in [2.05, 4.69) is 18.8 Å². The summed E-state index contributed by atoms with van der Waals surface area (Å²) in [6.45, 7) is 2.25. The van der Waals surface area contributed by atoms with Gasteiger partial charge < -0.3 is 9.84 Å². The van der Waals surface area contributed by atoms with Crippen molar-refractivity contribution in [1.29, 1.82) is 0 Å². The summed E-state index contributed by atoms with van der Waals surface area (Å²) in [5, 5.41) is 10.6. The van der Waals surface area contributed by atoms with Gasteiger partial charge in [0.15, 0.2) is 11.5 Å². The van der Waals surface area contributed by atoms with E-state index in [1.165, 1.54) is 45.6 Å². The van der Waals surface area contributed by atoms with E-state index < -0.39 is 0 Å². The van der Waals surface area contributed by atoms with Crippen LogP contribution in [0.2, 0.25) is 0 Å². The lowest BCUT2D eigenvalue weighted by molar-refractivity contribution is -0.129. The third kappa shape index (κ3) is 6.63. The Kier molecular flexibility index (Phi) is 9.09. The van der Waals surface area contributed by atoms with Crippen molar-refractivity contribution in [1.82, 2.24) is 0 Å². The number of rotatable bonds is 7. The van der Waals surface area contributed by atoms with E-state index in [4.69, 9.17) is 4.74 Å². The fourth-order valence-corrected chi connectivity index (χ4v) is 6.38. The maximum Gasteiger partial charge on any atom is 0.160 e. The van der Waals surface area contributed by atoms with Crippen molar-refractivity contribution in [2.24, 2.45) is 11.3 Å². The van der Waals surface area contributed by atoms with Gasteiger partial charge in [0, 0.05) is 18.8 Å². The summed E-state index contributed by atoms with van der Waals surface area (Å²) >= 11 is 0. The maximum absolute atomic E-state index is 13.3. The van der Waals surface area contributed by atoms with Crippen molar-refractivity contribution >= 4 is 11.6 Å². The predicted molar refractivity (Wildman–Crippen MR) is 147 cm³/mol. The fourth-order valence-electron chi connectivity index (χ4n) is 6.38. The highest BCUT2D eigenvalue weighted by atomic mass is 16.5. The zero-order valence-electron chi connectivity index (χ0n) is 22.4. The molecule has 2 aromatic rings. The number of hydrogen-bond donors (Lipinski definition) is 1. The molecule has 2 aromatic carbocycles. The Balaban J connectivity index is 1.68. The molecule has 0 spiro atoms. The number of Topliss-reactive ketones (excluding diaryl/α,β-unsaturated/α-hetero) is 2. The summed E-state index contributed by atoms with van der Waals surface area (Å²) in [5.41, 5.74) is 3.19. The average molecular weight is 501 g/mol. The van der Waals surface area contributed by atoms with Gasteiger partial charge in [-0.25, -0.2) is 0 Å². The van der Waals surface area contributed by atoms with Crippen LogP contribution in [0.25, 0.3) is 0 Å². The molecular formula is C33H40O4. The summed E-state index contributed by atoms with van der Waals surface area (Å²) in [4.78, 5) is 26.2. The van der Waals surface area contributed by atoms with Gasteiger partial charge in [-0.15, -0.1) is 5.92 Å². The molecule has 0 aromatic heterocycles. The van der Waals surface area contributed by atoms with Crippen LogP contribution in [0, 0.1) is 23.2 Å². The van der Waals surface area contributed by atoms with E-state index in [1.54, 1.807) is 12.1 Å². The van der Waals surface area contributed by atoms with Crippen molar-refractivity contribution in [2.45, 2.75) is 89.9 Å². The highest BCUT2D eigenvalue weighted by molar-refractivity contribution is 6.00. The Morgan fingerprint density at radius 1 is 1.05 bits per heavy atom. The van der Waals surface area contributed by atoms with Crippen molar-refractivity contribution in [2.75, 3.05) is 7.11 Å². The molecule has 0 aliphatic heterocycles. The SMILES string of the molecule is CCCC1(CC[C@@H]2CC#C[C@@H](c3ccccc3)c3cc(O)c(OC)cc3CCC(=O)CC2=O)CCCC1. The number of benzene rings is 2. The molecule has 0 bridgehead atoms. The first-order valence-electron chi connectivity index (χ1n) is 13.9. The molecule has 37 heavy (non-hydrogen) atoms. The zero-order chi connectivity index (χ0) is 26.3. The van der Waals surface area contributed by atoms with E-state index in [0.717, 1.165) is 29.5 Å². The van der Waals surface area contributed by atoms with Crippen LogP contribution < -0.4 is 4.74 Å². The van der Waals surface area contributed by atoms with Crippen molar-refractivity contribution in [3.05, 3.63) is 59.2 Å². The third-order valence-corrected chi connectivity index (χ3v) is 8.45. The van der Waals surface area contributed by atoms with Crippen LogP contribution in [0.15, 0.2) is 42.5 Å². The van der Waals surface area contributed by atoms with E-state index in [1.807, 2.05) is 30.3 Å². The lowest BCUT2D eigenvalue weighted by Gasteiger charge is -2.30. The molecule has 196 valence electrons. The molecule has 0 amide bonds. The quantitative estimate of drug-likeness (QED) is 0.324. The van der Waals surface area contributed by atoms with Crippen LogP contribution in [-0.4, -0.2) is 23.8 Å². The van der Waals surface area contributed by atoms with E-state index in [9.17, 15) is 14.7 Å². The number of ketones is 2. The summed E-state index contributed by atoms with van der Waals surface area (Å²) in [5.74, 6) is 6.81. The Bertz CT molecular complexity index is 1150. The van der Waals surface area contributed by atoms with Gasteiger partial charge in [0.1, 0.15) is 11.6 Å². The average Bonchev–Trinajstić information content (AvgIpc) is 3.36. The van der Waals surface area contributed by atoms with Crippen LogP contribution in [0.5, 0.6) is 11.5 Å². The first-order chi connectivity index (χ1) is 17.9. The van der Waals surface area contributed by atoms with Crippen LogP contribution >= 0.6 is 0 Å². The number of carbonyl (C=O) groups excluding carboxylic acids is 2. The van der Waals surface area contributed by atoms with E-state index in [-0.39, 0.29) is 42.0 Å². The van der Waals surface area contributed by atoms with Crippen LogP contribution in [0.1, 0.15) is 100 Å². The minimum atomic E-state index is -0.264. The van der Waals surface area contributed by atoms with Gasteiger partial charge in [0.2, 0.25) is 0 Å². The van der Waals surface area contributed by atoms with E-state index >= 15 is 0 Å². The number of aryl methyl sites for hydroxylation is 1. The third-order valence-electron chi connectivity index (χ3n) is 8.45. The first kappa shape index (κ1) is 27.0. The molecule has 1 fully saturated rings. The molecule has 0 unspecified atom stereocenters. The number of hydrogen-bond acceptors (Lipinski definition) is 4. The number of phenols is 1. The molecule has 2 aliphatic rings. The molecule has 4 heteroatoms. The van der Waals surface area contributed by atoms with Crippen molar-refractivity contribution in [3.8, 4) is 23.3 Å². The number of methoxy groups -OCH3 is 1. The highest BCUT2D eigenvalue weighted by Crippen LogP contribution is 2.46. The van der Waals surface area contributed by atoms with Crippen LogP contribution in [0.4, 0.5) is 0 Å². The second-order valence-electron chi connectivity index (χ2n) is 11.0. The Morgan fingerprint density at radius 3 is 2.51 bits per heavy atom. The maximum atomic E-state index is 13.3. The van der Waals surface area contributed by atoms with Gasteiger partial charge in [-0.2, -0.15) is 0 Å². The molecular weight excluding hydrogens is 460 g/mol. The fraction of sp³-hybridized carbons (Fsp3) is 0.515. The smallest absolute Gasteiger partial charge is 0.160 e. The molecule has 2 aliphatic carbocycles. The zero-order valence-corrected chi connectivity index (χ0v) is 22.4. The minimum absolute atomic E-state index is 0.0141. The Morgan fingerprint density at radius 2 is 1.81 bits per heavy atom. The summed E-state index contributed by atoms with van der Waals surface area (Å²) in [7, 11) is 1.52. The van der Waals surface area contributed by atoms with Crippen molar-refractivity contribution < 1.29 is 19.4 Å². The molecule has 2 atom stereocenters. The standard InChI is InChI=1S/C33H40O4/c1-3-17-33(18-7-8-19-33)20-16-25-12-9-13-28(24-10-5-4-6-11-24)29-23-31(36)32(37-2)21-26(29)14-15-27(34)22-30(25)35/h4-6,10-11,21,23,25,28,36H,3,7-8,12,14-20,22H2,1-2H3/t25-,28-/m0/s1. The van der Waals surface area contributed by atoms with Gasteiger partial charge in [-0.05, 0) is 72.8 Å². The second-order valence-corrected chi connectivity index (χ2v) is 11.0. The molecule has 4 rings (SSSR count). The van der Waals surface area contributed by atoms with Gasteiger partial charge >= 0.3 is 0 Å². The largest absolute Gasteiger partial charge is 0.504 e.